The smallest absolute Gasteiger partial charge is 0.332 e. The van der Waals surface area contributed by atoms with E-state index in [0.29, 0.717) is 12.0 Å². The van der Waals surface area contributed by atoms with Crippen LogP contribution in [-0.2, 0) is 11.2 Å². The molecule has 3 atom stereocenters. The van der Waals surface area contributed by atoms with Crippen molar-refractivity contribution in [3.8, 4) is 0 Å². The van der Waals surface area contributed by atoms with Gasteiger partial charge in [0.25, 0.3) is 11.8 Å². The first-order valence-corrected chi connectivity index (χ1v) is 12.8. The summed E-state index contributed by atoms with van der Waals surface area (Å²) in [4.78, 5) is 47.3. The number of fused-ring (bicyclic) bond motifs is 4. The number of nitrogens with zero attached hydrogens (tertiary/aromatic N) is 2. The van der Waals surface area contributed by atoms with Crippen molar-refractivity contribution >= 4 is 34.4 Å². The van der Waals surface area contributed by atoms with Crippen LogP contribution in [0, 0.1) is 5.82 Å². The van der Waals surface area contributed by atoms with Gasteiger partial charge in [-0.3, -0.25) is 14.5 Å². The SMILES string of the molecule is CC[C@H](C)NC(=O)c1ccccc1N1C(=O)[C@@H]2Cc3c([nH]c4ccccc34)[C@H](c3ccc(F)cc3)N2C1=O. The highest BCUT2D eigenvalue weighted by atomic mass is 19.1. The molecule has 4 amide bonds. The topological polar surface area (TPSA) is 85.5 Å². The highest BCUT2D eigenvalue weighted by molar-refractivity contribution is 6.24. The lowest BCUT2D eigenvalue weighted by atomic mass is 9.89. The molecule has 1 saturated heterocycles. The van der Waals surface area contributed by atoms with E-state index < -0.39 is 18.1 Å². The van der Waals surface area contributed by atoms with Crippen LogP contribution in [0.4, 0.5) is 14.9 Å². The summed E-state index contributed by atoms with van der Waals surface area (Å²) in [7, 11) is 0. The lowest BCUT2D eigenvalue weighted by Gasteiger charge is -2.36. The quantitative estimate of drug-likeness (QED) is 0.357. The number of hydrogen-bond donors (Lipinski definition) is 2. The summed E-state index contributed by atoms with van der Waals surface area (Å²) >= 11 is 0. The number of aromatic nitrogens is 1. The number of benzene rings is 3. The van der Waals surface area contributed by atoms with E-state index in [0.717, 1.165) is 33.5 Å². The summed E-state index contributed by atoms with van der Waals surface area (Å²) in [6, 6.07) is 18.5. The van der Waals surface area contributed by atoms with Crippen LogP contribution in [0.1, 0.15) is 53.5 Å². The Morgan fingerprint density at radius 2 is 1.76 bits per heavy atom. The molecule has 0 spiro atoms. The van der Waals surface area contributed by atoms with Crippen molar-refractivity contribution in [1.82, 2.24) is 15.2 Å². The van der Waals surface area contributed by atoms with Gasteiger partial charge in [-0.05, 0) is 54.8 Å². The first kappa shape index (κ1) is 23.9. The number of anilines is 1. The van der Waals surface area contributed by atoms with Gasteiger partial charge in [-0.2, -0.15) is 0 Å². The lowest BCUT2D eigenvalue weighted by molar-refractivity contribution is -0.120. The van der Waals surface area contributed by atoms with E-state index in [1.54, 1.807) is 41.3 Å². The number of carbonyl (C=O) groups excluding carboxylic acids is 3. The summed E-state index contributed by atoms with van der Waals surface area (Å²) in [6.45, 7) is 3.87. The molecule has 8 heteroatoms. The van der Waals surface area contributed by atoms with Gasteiger partial charge in [0, 0.05) is 29.1 Å². The van der Waals surface area contributed by atoms with Gasteiger partial charge in [0.2, 0.25) is 0 Å². The standard InChI is InChI=1S/C30H27FN4O3/c1-3-17(2)32-28(36)21-9-5-7-11-24(21)35-29(37)25-16-22-20-8-4-6-10-23(20)33-26(22)27(34(25)30(35)38)18-12-14-19(31)15-13-18/h4-15,17,25,27,33H,3,16H2,1-2H3,(H,32,36)/t17-,25-,27-/m0/s1. The molecule has 1 fully saturated rings. The molecule has 192 valence electrons. The molecular weight excluding hydrogens is 483 g/mol. The van der Waals surface area contributed by atoms with Gasteiger partial charge >= 0.3 is 6.03 Å². The molecule has 2 N–H and O–H groups in total. The maximum absolute atomic E-state index is 14.1. The second-order valence-corrected chi connectivity index (χ2v) is 9.90. The van der Waals surface area contributed by atoms with Crippen LogP contribution < -0.4 is 10.2 Å². The number of amides is 4. The number of hydrogen-bond acceptors (Lipinski definition) is 3. The summed E-state index contributed by atoms with van der Waals surface area (Å²) in [5.41, 5.74) is 3.88. The lowest BCUT2D eigenvalue weighted by Crippen LogP contribution is -2.44. The third-order valence-electron chi connectivity index (χ3n) is 7.61. The molecule has 2 aliphatic rings. The predicted molar refractivity (Wildman–Crippen MR) is 142 cm³/mol. The minimum absolute atomic E-state index is 0.0620. The van der Waals surface area contributed by atoms with E-state index in [2.05, 4.69) is 10.3 Å². The Balaban J connectivity index is 1.48. The Kier molecular flexibility index (Phi) is 5.75. The van der Waals surface area contributed by atoms with Crippen LogP contribution in [0.5, 0.6) is 0 Å². The van der Waals surface area contributed by atoms with Gasteiger partial charge in [-0.1, -0.05) is 49.4 Å². The molecule has 0 radical (unpaired) electrons. The molecule has 1 aromatic heterocycles. The summed E-state index contributed by atoms with van der Waals surface area (Å²) < 4.78 is 13.9. The number of urea groups is 1. The maximum Gasteiger partial charge on any atom is 0.332 e. The fraction of sp³-hybridized carbons (Fsp3) is 0.233. The second-order valence-electron chi connectivity index (χ2n) is 9.90. The first-order chi connectivity index (χ1) is 18.4. The zero-order valence-corrected chi connectivity index (χ0v) is 21.1. The molecule has 0 bridgehead atoms. The second kappa shape index (κ2) is 9.13. The molecular formula is C30H27FN4O3. The molecule has 6 rings (SSSR count). The molecule has 2 aliphatic heterocycles. The number of H-pyrrole nitrogens is 1. The number of para-hydroxylation sites is 2. The number of nitrogens with one attached hydrogen (secondary N) is 2. The van der Waals surface area contributed by atoms with Gasteiger partial charge in [-0.25, -0.2) is 14.1 Å². The van der Waals surface area contributed by atoms with Crippen molar-refractivity contribution in [3.63, 3.8) is 0 Å². The molecule has 3 aromatic carbocycles. The van der Waals surface area contributed by atoms with E-state index in [1.807, 2.05) is 38.1 Å². The fourth-order valence-corrected chi connectivity index (χ4v) is 5.55. The van der Waals surface area contributed by atoms with Gasteiger partial charge in [-0.15, -0.1) is 0 Å². The van der Waals surface area contributed by atoms with Crippen LogP contribution in [-0.4, -0.2) is 39.8 Å². The van der Waals surface area contributed by atoms with Crippen molar-refractivity contribution < 1.29 is 18.8 Å². The molecule has 0 saturated carbocycles. The third-order valence-corrected chi connectivity index (χ3v) is 7.61. The normalized spacial score (nSPS) is 19.4. The van der Waals surface area contributed by atoms with Crippen molar-refractivity contribution in [1.29, 1.82) is 0 Å². The van der Waals surface area contributed by atoms with Crippen molar-refractivity contribution in [2.45, 2.75) is 44.8 Å². The van der Waals surface area contributed by atoms with Gasteiger partial charge in [0.15, 0.2) is 0 Å². The predicted octanol–water partition coefficient (Wildman–Crippen LogP) is 5.32. The van der Waals surface area contributed by atoms with Crippen LogP contribution in [0.2, 0.25) is 0 Å². The van der Waals surface area contributed by atoms with Crippen molar-refractivity contribution in [3.05, 3.63) is 101 Å². The first-order valence-electron chi connectivity index (χ1n) is 12.8. The molecule has 3 heterocycles. The number of carbonyl (C=O) groups is 3. The van der Waals surface area contributed by atoms with E-state index in [-0.39, 0.29) is 34.9 Å². The zero-order valence-electron chi connectivity index (χ0n) is 21.1. The summed E-state index contributed by atoms with van der Waals surface area (Å²) in [5.74, 6) is -1.11. The Morgan fingerprint density at radius 1 is 1.05 bits per heavy atom. The van der Waals surface area contributed by atoms with Crippen LogP contribution in [0.25, 0.3) is 10.9 Å². The van der Waals surface area contributed by atoms with Crippen LogP contribution in [0.3, 0.4) is 0 Å². The monoisotopic (exact) mass is 510 g/mol. The van der Waals surface area contributed by atoms with Crippen LogP contribution >= 0.6 is 0 Å². The highest BCUT2D eigenvalue weighted by Gasteiger charge is 2.53. The zero-order chi connectivity index (χ0) is 26.6. The minimum Gasteiger partial charge on any atom is -0.356 e. The molecule has 0 aliphatic carbocycles. The van der Waals surface area contributed by atoms with Gasteiger partial charge in [0.05, 0.1) is 11.3 Å². The molecule has 4 aromatic rings. The third kappa shape index (κ3) is 3.67. The summed E-state index contributed by atoms with van der Waals surface area (Å²) in [6.07, 6.45) is 1.08. The van der Waals surface area contributed by atoms with E-state index in [1.165, 1.54) is 12.1 Å². The Bertz CT molecular complexity index is 1580. The fourth-order valence-electron chi connectivity index (χ4n) is 5.55. The van der Waals surface area contributed by atoms with Crippen molar-refractivity contribution in [2.24, 2.45) is 0 Å². The maximum atomic E-state index is 14.1. The number of halogens is 1. The number of aromatic amines is 1. The van der Waals surface area contributed by atoms with E-state index in [4.69, 9.17) is 0 Å². The van der Waals surface area contributed by atoms with Crippen molar-refractivity contribution in [2.75, 3.05) is 4.90 Å². The average Bonchev–Trinajstić information content (AvgIpc) is 3.42. The number of rotatable bonds is 5. The molecule has 0 unspecified atom stereocenters. The minimum atomic E-state index is -0.769. The van der Waals surface area contributed by atoms with Gasteiger partial charge in [0.1, 0.15) is 17.9 Å². The largest absolute Gasteiger partial charge is 0.356 e. The Morgan fingerprint density at radius 3 is 2.53 bits per heavy atom. The van der Waals surface area contributed by atoms with Gasteiger partial charge < -0.3 is 10.3 Å². The summed E-state index contributed by atoms with van der Waals surface area (Å²) in [5, 5.41) is 3.92. The molecule has 38 heavy (non-hydrogen) atoms. The van der Waals surface area contributed by atoms with Crippen LogP contribution in [0.15, 0.2) is 72.8 Å². The number of imide groups is 1. The average molecular weight is 511 g/mol. The molecule has 7 nitrogen and oxygen atoms in total. The Hall–Kier alpha value is -4.46. The Labute approximate surface area is 219 Å². The van der Waals surface area contributed by atoms with E-state index >= 15 is 0 Å². The van der Waals surface area contributed by atoms with E-state index in [9.17, 15) is 18.8 Å². The highest BCUT2D eigenvalue weighted by Crippen LogP contribution is 2.45.